The number of hydrogen-bond acceptors (Lipinski definition) is 3. The fraction of sp³-hybridized carbons (Fsp3) is 0.588. The summed E-state index contributed by atoms with van der Waals surface area (Å²) in [5.74, 6) is 0. The lowest BCUT2D eigenvalue weighted by atomic mass is 9.91. The molecule has 3 heteroatoms. The lowest BCUT2D eigenvalue weighted by Gasteiger charge is -2.28. The lowest BCUT2D eigenvalue weighted by molar-refractivity contribution is 0.283. The smallest absolute Gasteiger partial charge is 0.126 e. The number of aryl methyl sites for hydroxylation is 1. The maximum atomic E-state index is 9.68. The van der Waals surface area contributed by atoms with Crippen LogP contribution < -0.4 is 5.32 Å². The van der Waals surface area contributed by atoms with Gasteiger partial charge in [-0.05, 0) is 63.4 Å². The molecule has 0 spiro atoms. The Hall–Kier alpha value is -1.53. The molecule has 2 rings (SSSR count). The van der Waals surface area contributed by atoms with Gasteiger partial charge in [0, 0.05) is 12.2 Å². The number of anilines is 1. The van der Waals surface area contributed by atoms with Crippen molar-refractivity contribution in [2.24, 2.45) is 0 Å². The lowest BCUT2D eigenvalue weighted by Crippen LogP contribution is -2.38. The summed E-state index contributed by atoms with van der Waals surface area (Å²) < 4.78 is 0. The number of likely N-dealkylation sites (tertiary alicyclic amines) is 1. The molecule has 0 amide bonds. The molecule has 0 aliphatic carbocycles. The van der Waals surface area contributed by atoms with Gasteiger partial charge in [0.05, 0.1) is 6.07 Å². The molecule has 1 fully saturated rings. The van der Waals surface area contributed by atoms with Gasteiger partial charge < -0.3 is 10.2 Å². The maximum absolute atomic E-state index is 9.68. The Morgan fingerprint density at radius 3 is 2.90 bits per heavy atom. The van der Waals surface area contributed by atoms with Crippen molar-refractivity contribution in [3.8, 4) is 6.07 Å². The predicted molar refractivity (Wildman–Crippen MR) is 83.7 cm³/mol. The van der Waals surface area contributed by atoms with Gasteiger partial charge in [0.15, 0.2) is 0 Å². The molecule has 1 N–H and O–H groups in total. The molecule has 1 heterocycles. The molecule has 0 saturated carbocycles. The molecular weight excluding hydrogens is 246 g/mol. The standard InChI is InChI=1S/C17H25N3/c1-3-10-20-11-5-8-17(14-18,9-12-20)19-16-7-4-6-15(2)13-16/h4,6-7,13,19H,3,5,8-12H2,1-2H3. The Bertz CT molecular complexity index is 477. The molecule has 0 bridgehead atoms. The van der Waals surface area contributed by atoms with Gasteiger partial charge in [0.25, 0.3) is 0 Å². The van der Waals surface area contributed by atoms with Crippen molar-refractivity contribution >= 4 is 5.69 Å². The third-order valence-electron chi connectivity index (χ3n) is 4.09. The first-order valence-corrected chi connectivity index (χ1v) is 7.66. The third kappa shape index (κ3) is 3.74. The van der Waals surface area contributed by atoms with Crippen LogP contribution in [-0.2, 0) is 0 Å². The van der Waals surface area contributed by atoms with Gasteiger partial charge in [-0.2, -0.15) is 5.26 Å². The van der Waals surface area contributed by atoms with Crippen molar-refractivity contribution in [2.45, 2.75) is 45.1 Å². The SMILES string of the molecule is CCCN1CCCC(C#N)(Nc2cccc(C)c2)CC1. The minimum atomic E-state index is -0.406. The van der Waals surface area contributed by atoms with Crippen molar-refractivity contribution in [1.82, 2.24) is 4.90 Å². The summed E-state index contributed by atoms with van der Waals surface area (Å²) in [6, 6.07) is 10.9. The fourth-order valence-electron chi connectivity index (χ4n) is 2.99. The van der Waals surface area contributed by atoms with Crippen molar-refractivity contribution in [1.29, 1.82) is 5.26 Å². The van der Waals surface area contributed by atoms with E-state index in [0.29, 0.717) is 0 Å². The van der Waals surface area contributed by atoms with E-state index in [1.54, 1.807) is 0 Å². The van der Waals surface area contributed by atoms with E-state index in [1.807, 2.05) is 6.07 Å². The van der Waals surface area contributed by atoms with Crippen molar-refractivity contribution in [3.63, 3.8) is 0 Å². The zero-order valence-electron chi connectivity index (χ0n) is 12.7. The molecule has 1 unspecified atom stereocenters. The van der Waals surface area contributed by atoms with E-state index in [0.717, 1.165) is 44.6 Å². The van der Waals surface area contributed by atoms with Crippen LogP contribution in [0.3, 0.4) is 0 Å². The Labute approximate surface area is 122 Å². The second kappa shape index (κ2) is 6.76. The average molecular weight is 271 g/mol. The molecule has 1 aromatic rings. The predicted octanol–water partition coefficient (Wildman–Crippen LogP) is 3.57. The number of rotatable bonds is 4. The van der Waals surface area contributed by atoms with Crippen molar-refractivity contribution in [3.05, 3.63) is 29.8 Å². The Kier molecular flexibility index (Phi) is 5.03. The Balaban J connectivity index is 2.08. The molecular formula is C17H25N3. The van der Waals surface area contributed by atoms with Crippen LogP contribution in [0.5, 0.6) is 0 Å². The molecule has 20 heavy (non-hydrogen) atoms. The first-order chi connectivity index (χ1) is 9.67. The Morgan fingerprint density at radius 2 is 2.20 bits per heavy atom. The zero-order valence-corrected chi connectivity index (χ0v) is 12.7. The average Bonchev–Trinajstić information content (AvgIpc) is 2.63. The summed E-state index contributed by atoms with van der Waals surface area (Å²) >= 11 is 0. The minimum absolute atomic E-state index is 0.406. The quantitative estimate of drug-likeness (QED) is 0.910. The fourth-order valence-corrected chi connectivity index (χ4v) is 2.99. The van der Waals surface area contributed by atoms with Crippen LogP contribution in [0, 0.1) is 18.3 Å². The summed E-state index contributed by atoms with van der Waals surface area (Å²) in [7, 11) is 0. The summed E-state index contributed by atoms with van der Waals surface area (Å²) in [4.78, 5) is 2.48. The third-order valence-corrected chi connectivity index (χ3v) is 4.09. The Morgan fingerprint density at radius 1 is 1.35 bits per heavy atom. The zero-order chi connectivity index (χ0) is 14.4. The van der Waals surface area contributed by atoms with Gasteiger partial charge in [-0.1, -0.05) is 19.1 Å². The van der Waals surface area contributed by atoms with Crippen LogP contribution in [0.2, 0.25) is 0 Å². The van der Waals surface area contributed by atoms with E-state index in [2.05, 4.69) is 48.3 Å². The molecule has 1 aliphatic rings. The summed E-state index contributed by atoms with van der Waals surface area (Å²) in [5, 5.41) is 13.2. The number of nitriles is 1. The highest BCUT2D eigenvalue weighted by atomic mass is 15.1. The van der Waals surface area contributed by atoms with Gasteiger partial charge >= 0.3 is 0 Å². The van der Waals surface area contributed by atoms with Crippen LogP contribution >= 0.6 is 0 Å². The first kappa shape index (κ1) is 14.9. The number of hydrogen-bond donors (Lipinski definition) is 1. The van der Waals surface area contributed by atoms with E-state index >= 15 is 0 Å². The molecule has 1 atom stereocenters. The molecule has 1 aliphatic heterocycles. The minimum Gasteiger partial charge on any atom is -0.367 e. The van der Waals surface area contributed by atoms with E-state index < -0.39 is 5.54 Å². The van der Waals surface area contributed by atoms with E-state index in [-0.39, 0.29) is 0 Å². The van der Waals surface area contributed by atoms with Crippen LogP contribution in [-0.4, -0.2) is 30.1 Å². The number of benzene rings is 1. The number of nitrogens with zero attached hydrogens (tertiary/aromatic N) is 2. The van der Waals surface area contributed by atoms with Gasteiger partial charge in [-0.3, -0.25) is 0 Å². The topological polar surface area (TPSA) is 39.1 Å². The van der Waals surface area contributed by atoms with E-state index in [4.69, 9.17) is 0 Å². The van der Waals surface area contributed by atoms with E-state index in [1.165, 1.54) is 12.0 Å². The second-order valence-corrected chi connectivity index (χ2v) is 5.88. The van der Waals surface area contributed by atoms with Crippen LogP contribution in [0.1, 0.15) is 38.2 Å². The monoisotopic (exact) mass is 271 g/mol. The van der Waals surface area contributed by atoms with Crippen molar-refractivity contribution < 1.29 is 0 Å². The molecule has 108 valence electrons. The van der Waals surface area contributed by atoms with Gasteiger partial charge in [0.1, 0.15) is 5.54 Å². The molecule has 1 saturated heterocycles. The van der Waals surface area contributed by atoms with Gasteiger partial charge in [-0.25, -0.2) is 0 Å². The molecule has 3 nitrogen and oxygen atoms in total. The van der Waals surface area contributed by atoms with E-state index in [9.17, 15) is 5.26 Å². The molecule has 1 aromatic carbocycles. The first-order valence-electron chi connectivity index (χ1n) is 7.66. The van der Waals surface area contributed by atoms with Gasteiger partial charge in [-0.15, -0.1) is 0 Å². The largest absolute Gasteiger partial charge is 0.367 e. The highest BCUT2D eigenvalue weighted by Gasteiger charge is 2.32. The summed E-state index contributed by atoms with van der Waals surface area (Å²) in [6.07, 6.45) is 4.10. The molecule has 0 radical (unpaired) electrons. The highest BCUT2D eigenvalue weighted by Crippen LogP contribution is 2.27. The van der Waals surface area contributed by atoms with Crippen molar-refractivity contribution in [2.75, 3.05) is 25.0 Å². The van der Waals surface area contributed by atoms with Crippen LogP contribution in [0.25, 0.3) is 0 Å². The summed E-state index contributed by atoms with van der Waals surface area (Å²) in [5.41, 5.74) is 1.89. The highest BCUT2D eigenvalue weighted by molar-refractivity contribution is 5.49. The molecule has 0 aromatic heterocycles. The van der Waals surface area contributed by atoms with Gasteiger partial charge in [0.2, 0.25) is 0 Å². The maximum Gasteiger partial charge on any atom is 0.126 e. The van der Waals surface area contributed by atoms with Crippen LogP contribution in [0.15, 0.2) is 24.3 Å². The second-order valence-electron chi connectivity index (χ2n) is 5.88. The van der Waals surface area contributed by atoms with Crippen LogP contribution in [0.4, 0.5) is 5.69 Å². The normalized spacial score (nSPS) is 23.9. The summed E-state index contributed by atoms with van der Waals surface area (Å²) in [6.45, 7) is 7.58. The number of nitrogens with one attached hydrogen (secondary N) is 1.